The van der Waals surface area contributed by atoms with Gasteiger partial charge in [0.2, 0.25) is 0 Å². The van der Waals surface area contributed by atoms with Crippen molar-refractivity contribution in [3.8, 4) is 0 Å². The van der Waals surface area contributed by atoms with Crippen molar-refractivity contribution in [2.24, 2.45) is 0 Å². The number of rotatable bonds is 9. The van der Waals surface area contributed by atoms with Crippen LogP contribution in [0, 0.1) is 0 Å². The van der Waals surface area contributed by atoms with Crippen molar-refractivity contribution in [2.45, 2.75) is 36.5 Å². The van der Waals surface area contributed by atoms with Gasteiger partial charge in [0.15, 0.2) is 6.29 Å². The molecule has 0 aliphatic carbocycles. The summed E-state index contributed by atoms with van der Waals surface area (Å²) in [7, 11) is -1.60. The van der Waals surface area contributed by atoms with Crippen molar-refractivity contribution < 1.29 is 23.3 Å². The maximum Gasteiger partial charge on any atom is 0.259 e. The fourth-order valence-corrected chi connectivity index (χ4v) is 5.42. The van der Waals surface area contributed by atoms with Crippen LogP contribution in [0.15, 0.2) is 76.5 Å². The van der Waals surface area contributed by atoms with Gasteiger partial charge in [-0.15, -0.1) is 0 Å². The maximum atomic E-state index is 13.7. The van der Waals surface area contributed by atoms with Gasteiger partial charge >= 0.3 is 0 Å². The van der Waals surface area contributed by atoms with E-state index in [9.17, 15) is 13.8 Å². The fraction of sp³-hybridized carbons (Fsp3) is 0.259. The minimum absolute atomic E-state index is 0.169. The number of halogens is 1. The van der Waals surface area contributed by atoms with Crippen molar-refractivity contribution >= 4 is 39.9 Å². The van der Waals surface area contributed by atoms with E-state index in [1.807, 2.05) is 26.0 Å². The average molecular weight is 527 g/mol. The molecular weight excluding hydrogens is 500 g/mol. The molecule has 3 aromatic rings. The van der Waals surface area contributed by atoms with E-state index in [4.69, 9.17) is 21.1 Å². The molecule has 36 heavy (non-hydrogen) atoms. The standard InChI is InChI=1S/C27H27ClN2O5S/c1-3-34-25(35-4-2)16-29-26(31)19-11-14-24-22(15-19)30(17-18-9-12-20(28)13-10-18)27(32)21-7-5-6-8-23(21)36(24)33/h5-15,25H,3-4,16-17H2,1-2H3,(H,29,31)/t36-/m1/s1. The van der Waals surface area contributed by atoms with Gasteiger partial charge in [-0.25, -0.2) is 4.21 Å². The molecule has 1 aliphatic heterocycles. The summed E-state index contributed by atoms with van der Waals surface area (Å²) in [5, 5.41) is 3.41. The lowest BCUT2D eigenvalue weighted by Crippen LogP contribution is -2.35. The van der Waals surface area contributed by atoms with Crippen LogP contribution in [-0.2, 0) is 26.8 Å². The van der Waals surface area contributed by atoms with Crippen molar-refractivity contribution in [2.75, 3.05) is 24.7 Å². The van der Waals surface area contributed by atoms with Crippen LogP contribution in [0.2, 0.25) is 5.02 Å². The number of nitrogens with one attached hydrogen (secondary N) is 1. The molecule has 7 nitrogen and oxygen atoms in total. The molecule has 0 saturated carbocycles. The van der Waals surface area contributed by atoms with E-state index in [2.05, 4.69) is 5.32 Å². The van der Waals surface area contributed by atoms with Crippen LogP contribution in [-0.4, -0.2) is 42.1 Å². The highest BCUT2D eigenvalue weighted by atomic mass is 35.5. The zero-order valence-electron chi connectivity index (χ0n) is 20.0. The number of ether oxygens (including phenoxy) is 2. The molecule has 0 bridgehead atoms. The van der Waals surface area contributed by atoms with E-state index in [1.54, 1.807) is 59.5 Å². The summed E-state index contributed by atoms with van der Waals surface area (Å²) in [6.45, 7) is 5.00. The molecule has 4 rings (SSSR count). The van der Waals surface area contributed by atoms with Crippen LogP contribution in [0.25, 0.3) is 0 Å². The van der Waals surface area contributed by atoms with Crippen LogP contribution in [0.3, 0.4) is 0 Å². The van der Waals surface area contributed by atoms with E-state index < -0.39 is 17.1 Å². The van der Waals surface area contributed by atoms with Crippen LogP contribution in [0.1, 0.15) is 40.1 Å². The monoisotopic (exact) mass is 526 g/mol. The Kier molecular flexibility index (Phi) is 8.53. The molecule has 2 amide bonds. The first-order valence-electron chi connectivity index (χ1n) is 11.7. The Labute approximate surface area is 217 Å². The number of nitrogens with zero attached hydrogens (tertiary/aromatic N) is 1. The molecule has 1 aliphatic rings. The highest BCUT2D eigenvalue weighted by Crippen LogP contribution is 2.36. The summed E-state index contributed by atoms with van der Waals surface area (Å²) in [6, 6.07) is 18.9. The number of hydrogen-bond donors (Lipinski definition) is 1. The lowest BCUT2D eigenvalue weighted by Gasteiger charge is -2.24. The van der Waals surface area contributed by atoms with Gasteiger partial charge in [0.25, 0.3) is 11.8 Å². The lowest BCUT2D eigenvalue weighted by molar-refractivity contribution is -0.131. The molecule has 9 heteroatoms. The third-order valence-electron chi connectivity index (χ3n) is 5.66. The SMILES string of the molecule is CCOC(CNC(=O)c1ccc2c(c1)N(Cc1ccc(Cl)cc1)C(=O)c1ccccc1[S@]2=O)OCC. The predicted molar refractivity (Wildman–Crippen MR) is 139 cm³/mol. The van der Waals surface area contributed by atoms with Gasteiger partial charge in [-0.2, -0.15) is 0 Å². The Hall–Kier alpha value is -3.04. The van der Waals surface area contributed by atoms with Crippen LogP contribution in [0.5, 0.6) is 0 Å². The van der Waals surface area contributed by atoms with Crippen LogP contribution in [0.4, 0.5) is 5.69 Å². The van der Waals surface area contributed by atoms with Crippen LogP contribution < -0.4 is 10.2 Å². The van der Waals surface area contributed by atoms with Crippen molar-refractivity contribution in [1.82, 2.24) is 5.32 Å². The summed E-state index contributed by atoms with van der Waals surface area (Å²) in [5.41, 5.74) is 1.96. The summed E-state index contributed by atoms with van der Waals surface area (Å²) < 4.78 is 24.5. The summed E-state index contributed by atoms with van der Waals surface area (Å²) in [5.74, 6) is -0.647. The Morgan fingerprint density at radius 1 is 1.00 bits per heavy atom. The zero-order valence-corrected chi connectivity index (χ0v) is 21.6. The van der Waals surface area contributed by atoms with Crippen molar-refractivity contribution in [1.29, 1.82) is 0 Å². The number of fused-ring (bicyclic) bond motifs is 2. The maximum absolute atomic E-state index is 13.7. The van der Waals surface area contributed by atoms with Gasteiger partial charge in [0.1, 0.15) is 0 Å². The van der Waals surface area contributed by atoms with Gasteiger partial charge in [0.05, 0.1) is 44.9 Å². The number of benzene rings is 3. The third-order valence-corrected chi connectivity index (χ3v) is 7.41. The highest BCUT2D eigenvalue weighted by Gasteiger charge is 2.31. The summed E-state index contributed by atoms with van der Waals surface area (Å²) in [4.78, 5) is 29.1. The highest BCUT2D eigenvalue weighted by molar-refractivity contribution is 7.85. The molecule has 0 unspecified atom stereocenters. The molecule has 188 valence electrons. The van der Waals surface area contributed by atoms with Crippen molar-refractivity contribution in [3.63, 3.8) is 0 Å². The van der Waals surface area contributed by atoms with E-state index >= 15 is 0 Å². The molecule has 0 aromatic heterocycles. The smallest absolute Gasteiger partial charge is 0.259 e. The second-order valence-electron chi connectivity index (χ2n) is 8.02. The number of carbonyl (C=O) groups excluding carboxylic acids is 2. The number of anilines is 1. The minimum Gasteiger partial charge on any atom is -0.351 e. The first kappa shape index (κ1) is 26.0. The van der Waals surface area contributed by atoms with Gasteiger partial charge < -0.3 is 19.7 Å². The quantitative estimate of drug-likeness (QED) is 0.405. The molecule has 0 spiro atoms. The Morgan fingerprint density at radius 3 is 2.39 bits per heavy atom. The number of carbonyl (C=O) groups is 2. The fourth-order valence-electron chi connectivity index (χ4n) is 3.95. The number of amides is 2. The largest absolute Gasteiger partial charge is 0.351 e. The number of hydrogen-bond acceptors (Lipinski definition) is 5. The van der Waals surface area contributed by atoms with E-state index in [0.29, 0.717) is 44.8 Å². The molecule has 1 N–H and O–H groups in total. The van der Waals surface area contributed by atoms with Crippen LogP contribution >= 0.6 is 11.6 Å². The average Bonchev–Trinajstić information content (AvgIpc) is 2.98. The van der Waals surface area contributed by atoms with Crippen molar-refractivity contribution in [3.05, 3.63) is 88.4 Å². The minimum atomic E-state index is -1.60. The molecule has 1 heterocycles. The zero-order chi connectivity index (χ0) is 25.7. The van der Waals surface area contributed by atoms with E-state index in [-0.39, 0.29) is 24.9 Å². The molecular formula is C27H27ClN2O5S. The van der Waals surface area contributed by atoms with Gasteiger partial charge in [-0.05, 0) is 61.9 Å². The summed E-state index contributed by atoms with van der Waals surface area (Å²) >= 11 is 6.04. The molecule has 0 radical (unpaired) electrons. The second-order valence-corrected chi connectivity index (χ2v) is 9.87. The van der Waals surface area contributed by atoms with E-state index in [0.717, 1.165) is 5.56 Å². The summed E-state index contributed by atoms with van der Waals surface area (Å²) in [6.07, 6.45) is -0.560. The first-order chi connectivity index (χ1) is 17.4. The van der Waals surface area contributed by atoms with Gasteiger partial charge in [-0.1, -0.05) is 35.9 Å². The predicted octanol–water partition coefficient (Wildman–Crippen LogP) is 4.80. The Balaban J connectivity index is 1.71. The molecule has 0 fully saturated rings. The molecule has 0 saturated heterocycles. The lowest BCUT2D eigenvalue weighted by atomic mass is 10.1. The van der Waals surface area contributed by atoms with E-state index in [1.165, 1.54) is 0 Å². The first-order valence-corrected chi connectivity index (χ1v) is 13.2. The molecule has 3 aromatic carbocycles. The topological polar surface area (TPSA) is 84.9 Å². The normalized spacial score (nSPS) is 14.8. The van der Waals surface area contributed by atoms with Gasteiger partial charge in [-0.3, -0.25) is 9.59 Å². The second kappa shape index (κ2) is 11.8. The molecule has 1 atom stereocenters. The Morgan fingerprint density at radius 2 is 1.69 bits per heavy atom. The Bertz CT molecular complexity index is 1280. The third kappa shape index (κ3) is 5.68. The van der Waals surface area contributed by atoms with Gasteiger partial charge in [0, 0.05) is 23.8 Å².